The molecule has 0 N–H and O–H groups in total. The van der Waals surface area contributed by atoms with Crippen LogP contribution in [0.3, 0.4) is 0 Å². The first-order valence-electron chi connectivity index (χ1n) is 3.43. The lowest BCUT2D eigenvalue weighted by molar-refractivity contribution is -0.157. The summed E-state index contributed by atoms with van der Waals surface area (Å²) in [6.45, 7) is 1.90. The van der Waals surface area contributed by atoms with Crippen LogP contribution in [0.4, 0.5) is 0 Å². The van der Waals surface area contributed by atoms with Gasteiger partial charge in [0, 0.05) is 6.42 Å². The van der Waals surface area contributed by atoms with Crippen molar-refractivity contribution in [2.75, 3.05) is 0 Å². The molecule has 0 amide bonds. The number of rotatable bonds is 1. The maximum absolute atomic E-state index is 10.7. The van der Waals surface area contributed by atoms with Crippen molar-refractivity contribution in [2.24, 2.45) is 0 Å². The third-order valence-corrected chi connectivity index (χ3v) is 1.55. The second-order valence-corrected chi connectivity index (χ2v) is 2.44. The smallest absolute Gasteiger partial charge is 0.313 e. The van der Waals surface area contributed by atoms with E-state index in [1.165, 1.54) is 0 Å². The molecule has 56 valence electrons. The van der Waals surface area contributed by atoms with E-state index in [0.717, 1.165) is 6.42 Å². The zero-order valence-electron chi connectivity index (χ0n) is 5.92. The van der Waals surface area contributed by atoms with Gasteiger partial charge in [-0.2, -0.15) is 0 Å². The van der Waals surface area contributed by atoms with E-state index in [0.29, 0.717) is 6.42 Å². The van der Waals surface area contributed by atoms with Gasteiger partial charge in [-0.3, -0.25) is 9.59 Å². The standard InChI is InChI=1S/C7H10O3/c1-2-6-3-5(8)4-7(9)10-6/h6H,2-4H2,1H3. The Morgan fingerprint density at radius 3 is 2.80 bits per heavy atom. The topological polar surface area (TPSA) is 43.4 Å². The third-order valence-electron chi connectivity index (χ3n) is 1.55. The molecule has 0 bridgehead atoms. The summed E-state index contributed by atoms with van der Waals surface area (Å²) in [7, 11) is 0. The molecule has 3 heteroatoms. The van der Waals surface area contributed by atoms with Crippen LogP contribution in [-0.2, 0) is 14.3 Å². The van der Waals surface area contributed by atoms with E-state index in [-0.39, 0.29) is 24.3 Å². The van der Waals surface area contributed by atoms with Crippen LogP contribution in [0.15, 0.2) is 0 Å². The molecule has 1 rings (SSSR count). The number of ketones is 1. The Kier molecular flexibility index (Phi) is 2.04. The minimum Gasteiger partial charge on any atom is -0.462 e. The minimum absolute atomic E-state index is 0.00287. The monoisotopic (exact) mass is 142 g/mol. The van der Waals surface area contributed by atoms with Crippen molar-refractivity contribution in [1.29, 1.82) is 0 Å². The molecule has 1 atom stereocenters. The molecule has 10 heavy (non-hydrogen) atoms. The quantitative estimate of drug-likeness (QED) is 0.399. The maximum atomic E-state index is 10.7. The van der Waals surface area contributed by atoms with Crippen molar-refractivity contribution in [3.63, 3.8) is 0 Å². The summed E-state index contributed by atoms with van der Waals surface area (Å²) in [5.74, 6) is -0.369. The first-order valence-corrected chi connectivity index (χ1v) is 3.43. The highest BCUT2D eigenvalue weighted by molar-refractivity contribution is 5.97. The molecule has 0 saturated carbocycles. The van der Waals surface area contributed by atoms with Crippen molar-refractivity contribution in [2.45, 2.75) is 32.3 Å². The van der Waals surface area contributed by atoms with E-state index in [4.69, 9.17) is 4.74 Å². The predicted molar refractivity (Wildman–Crippen MR) is 34.4 cm³/mol. The molecule has 1 aliphatic rings. The molecule has 0 aliphatic carbocycles. The van der Waals surface area contributed by atoms with E-state index in [9.17, 15) is 9.59 Å². The second kappa shape index (κ2) is 2.82. The Morgan fingerprint density at radius 2 is 2.30 bits per heavy atom. The van der Waals surface area contributed by atoms with Gasteiger partial charge in [0.05, 0.1) is 0 Å². The van der Waals surface area contributed by atoms with Crippen LogP contribution >= 0.6 is 0 Å². The van der Waals surface area contributed by atoms with Crippen LogP contribution in [0.5, 0.6) is 0 Å². The fraction of sp³-hybridized carbons (Fsp3) is 0.714. The van der Waals surface area contributed by atoms with E-state index < -0.39 is 0 Å². The van der Waals surface area contributed by atoms with Crippen molar-refractivity contribution < 1.29 is 14.3 Å². The number of carbonyl (C=O) groups excluding carboxylic acids is 2. The SMILES string of the molecule is CCC1CC(=O)CC(=O)O1. The van der Waals surface area contributed by atoms with Crippen LogP contribution in [0.1, 0.15) is 26.2 Å². The number of carbonyl (C=O) groups is 2. The molecule has 1 fully saturated rings. The van der Waals surface area contributed by atoms with Crippen molar-refractivity contribution >= 4 is 11.8 Å². The van der Waals surface area contributed by atoms with E-state index in [2.05, 4.69) is 0 Å². The van der Waals surface area contributed by atoms with Crippen LogP contribution in [-0.4, -0.2) is 17.9 Å². The molecule has 0 spiro atoms. The number of esters is 1. The number of hydrogen-bond acceptors (Lipinski definition) is 3. The summed E-state index contributed by atoms with van der Waals surface area (Å²) in [5, 5.41) is 0. The molecule has 0 aromatic carbocycles. The largest absolute Gasteiger partial charge is 0.462 e. The summed E-state index contributed by atoms with van der Waals surface area (Å²) in [6, 6.07) is 0. The van der Waals surface area contributed by atoms with Gasteiger partial charge in [-0.15, -0.1) is 0 Å². The van der Waals surface area contributed by atoms with Crippen LogP contribution in [0.2, 0.25) is 0 Å². The number of cyclic esters (lactones) is 1. The van der Waals surface area contributed by atoms with Crippen molar-refractivity contribution in [3.8, 4) is 0 Å². The first-order chi connectivity index (χ1) is 4.72. The van der Waals surface area contributed by atoms with Gasteiger partial charge in [0.25, 0.3) is 0 Å². The maximum Gasteiger partial charge on any atom is 0.313 e. The molecule has 0 radical (unpaired) electrons. The average Bonchev–Trinajstić information content (AvgIpc) is 1.85. The molecule has 1 heterocycles. The Balaban J connectivity index is 2.50. The molecule has 1 saturated heterocycles. The highest BCUT2D eigenvalue weighted by Crippen LogP contribution is 2.12. The fourth-order valence-electron chi connectivity index (χ4n) is 0.984. The van der Waals surface area contributed by atoms with Gasteiger partial charge in [-0.25, -0.2) is 0 Å². The zero-order chi connectivity index (χ0) is 7.56. The van der Waals surface area contributed by atoms with Crippen molar-refractivity contribution in [3.05, 3.63) is 0 Å². The van der Waals surface area contributed by atoms with Gasteiger partial charge in [0.15, 0.2) is 0 Å². The van der Waals surface area contributed by atoms with Crippen LogP contribution in [0, 0.1) is 0 Å². The summed E-state index contributed by atoms with van der Waals surface area (Å²) < 4.78 is 4.85. The summed E-state index contributed by atoms with van der Waals surface area (Å²) in [5.41, 5.74) is 0. The number of hydrogen-bond donors (Lipinski definition) is 0. The van der Waals surface area contributed by atoms with E-state index in [1.807, 2.05) is 6.92 Å². The number of Topliss-reactive ketones (excluding diaryl/α,β-unsaturated/α-hetero) is 1. The molecular formula is C7H10O3. The molecular weight excluding hydrogens is 132 g/mol. The van der Waals surface area contributed by atoms with Gasteiger partial charge in [0.1, 0.15) is 18.3 Å². The lowest BCUT2D eigenvalue weighted by Gasteiger charge is -2.19. The normalized spacial score (nSPS) is 26.3. The minimum atomic E-state index is -0.372. The van der Waals surface area contributed by atoms with Crippen LogP contribution in [0.25, 0.3) is 0 Å². The Morgan fingerprint density at radius 1 is 1.60 bits per heavy atom. The Labute approximate surface area is 59.4 Å². The highest BCUT2D eigenvalue weighted by atomic mass is 16.5. The second-order valence-electron chi connectivity index (χ2n) is 2.44. The Hall–Kier alpha value is -0.860. The van der Waals surface area contributed by atoms with E-state index in [1.54, 1.807) is 0 Å². The molecule has 1 aliphatic heterocycles. The summed E-state index contributed by atoms with van der Waals surface area (Å²) in [4.78, 5) is 21.3. The Bertz CT molecular complexity index is 146. The van der Waals surface area contributed by atoms with Gasteiger partial charge >= 0.3 is 5.97 Å². The number of ether oxygens (including phenoxy) is 1. The lowest BCUT2D eigenvalue weighted by atomic mass is 10.1. The summed E-state index contributed by atoms with van der Waals surface area (Å²) in [6.07, 6.45) is 0.949. The fourth-order valence-corrected chi connectivity index (χ4v) is 0.984. The predicted octanol–water partition coefficient (Wildman–Crippen LogP) is 0.671. The van der Waals surface area contributed by atoms with Crippen LogP contribution < -0.4 is 0 Å². The zero-order valence-corrected chi connectivity index (χ0v) is 5.92. The average molecular weight is 142 g/mol. The van der Waals surface area contributed by atoms with Gasteiger partial charge in [0.2, 0.25) is 0 Å². The molecule has 0 aromatic heterocycles. The molecule has 3 nitrogen and oxygen atoms in total. The van der Waals surface area contributed by atoms with Crippen molar-refractivity contribution in [1.82, 2.24) is 0 Å². The highest BCUT2D eigenvalue weighted by Gasteiger charge is 2.24. The van der Waals surface area contributed by atoms with E-state index >= 15 is 0 Å². The summed E-state index contributed by atoms with van der Waals surface area (Å²) >= 11 is 0. The first kappa shape index (κ1) is 7.25. The molecule has 1 unspecified atom stereocenters. The van der Waals surface area contributed by atoms with Gasteiger partial charge < -0.3 is 4.74 Å². The third kappa shape index (κ3) is 1.56. The lowest BCUT2D eigenvalue weighted by Crippen LogP contribution is -2.28. The molecule has 0 aromatic rings. The van der Waals surface area contributed by atoms with Gasteiger partial charge in [-0.05, 0) is 6.42 Å². The van der Waals surface area contributed by atoms with Gasteiger partial charge in [-0.1, -0.05) is 6.92 Å².